The summed E-state index contributed by atoms with van der Waals surface area (Å²) in [7, 11) is 0. The van der Waals surface area contributed by atoms with Gasteiger partial charge in [-0.25, -0.2) is 38.7 Å². The predicted octanol–water partition coefficient (Wildman–Crippen LogP) is 1.20. The summed E-state index contributed by atoms with van der Waals surface area (Å²) in [6.07, 6.45) is -5.61. The molecule has 0 spiro atoms. The van der Waals surface area contributed by atoms with Crippen LogP contribution in [0.25, 0.3) is 22.3 Å². The van der Waals surface area contributed by atoms with Crippen LogP contribution >= 0.6 is 38.1 Å². The summed E-state index contributed by atoms with van der Waals surface area (Å²) >= 11 is 8.25. The van der Waals surface area contributed by atoms with Crippen molar-refractivity contribution in [3.8, 4) is 0 Å². The van der Waals surface area contributed by atoms with Gasteiger partial charge in [0, 0.05) is 37.3 Å². The first-order chi connectivity index (χ1) is 41.8. The Hall–Kier alpha value is -7.41. The zero-order chi connectivity index (χ0) is 63.2. The van der Waals surface area contributed by atoms with Crippen LogP contribution < -0.4 is 43.6 Å². The molecule has 4 aliphatic rings. The molecule has 4 aromatic heterocycles. The Kier molecular flexibility index (Phi) is 20.7. The van der Waals surface area contributed by atoms with Crippen molar-refractivity contribution in [1.82, 2.24) is 59.9 Å². The number of fused-ring (bicyclic) bond motifs is 5. The Labute approximate surface area is 508 Å². The Morgan fingerprint density at radius 2 is 1.45 bits per heavy atom. The van der Waals surface area contributed by atoms with Crippen molar-refractivity contribution in [3.63, 3.8) is 0 Å². The van der Waals surface area contributed by atoms with E-state index in [1.165, 1.54) is 39.7 Å². The lowest BCUT2D eigenvalue weighted by molar-refractivity contribution is -0.137. The van der Waals surface area contributed by atoms with E-state index >= 15 is 0 Å². The predicted molar refractivity (Wildman–Crippen MR) is 311 cm³/mol. The number of carbonyl (C=O) groups is 7. The second kappa shape index (κ2) is 28.0. The van der Waals surface area contributed by atoms with Crippen LogP contribution in [0.3, 0.4) is 0 Å². The number of nitrogen functional groups attached to an aromatic ring is 1. The van der Waals surface area contributed by atoms with E-state index in [1.54, 1.807) is 26.0 Å². The quantitative estimate of drug-likeness (QED) is 0.0212. The Balaban J connectivity index is 0.797. The van der Waals surface area contributed by atoms with Crippen LogP contribution in [0.2, 0.25) is 0 Å². The van der Waals surface area contributed by atoms with Gasteiger partial charge in [-0.3, -0.25) is 71.2 Å². The van der Waals surface area contributed by atoms with E-state index < -0.39 is 129 Å². The van der Waals surface area contributed by atoms with Gasteiger partial charge in [0.25, 0.3) is 17.4 Å². The minimum Gasteiger partial charge on any atom is -0.444 e. The number of nitrogens with two attached hydrogens (primary N) is 2. The number of imidazole rings is 2. The zero-order valence-corrected chi connectivity index (χ0v) is 50.3. The topological polar surface area (TPSA) is 481 Å². The minimum absolute atomic E-state index is 0.0101. The van der Waals surface area contributed by atoms with Crippen molar-refractivity contribution in [2.24, 2.45) is 11.7 Å². The molecule has 5 unspecified atom stereocenters. The number of primary amides is 1. The van der Waals surface area contributed by atoms with Crippen molar-refractivity contribution < 1.29 is 85.2 Å². The third-order valence-electron chi connectivity index (χ3n) is 14.2. The number of aromatic nitrogens is 8. The van der Waals surface area contributed by atoms with Crippen LogP contribution in [-0.4, -0.2) is 171 Å². The van der Waals surface area contributed by atoms with Gasteiger partial charge in [-0.2, -0.15) is 4.98 Å². The Morgan fingerprint density at radius 1 is 0.795 bits per heavy atom. The monoisotopic (exact) mass is 1300 g/mol. The van der Waals surface area contributed by atoms with E-state index in [0.29, 0.717) is 30.5 Å². The highest BCUT2D eigenvalue weighted by atomic mass is 32.7. The number of aromatic amines is 1. The third kappa shape index (κ3) is 15.7. The number of rotatable bonds is 21. The summed E-state index contributed by atoms with van der Waals surface area (Å²) in [5.41, 5.74) is 10.8. The SMILES string of the molecule is CC(C)[C@H](NC(=O)CCCCCN1C(=O)C=CC1=O)C(=O)N[C@@H](CCCNC(N)=O)C(=O)Nc1ccc(COC(=O)Nc2ncnc3c2ncn3[C@@H]2O[C@@H]3COP(=O)(S)O[C@@H]4C(O)[C@H](n5cnc6c(=O)[nH]c(N)nc65)O[C@@H]4COP(=O)(S)OC2C3O)cc1. The van der Waals surface area contributed by atoms with E-state index in [1.807, 2.05) is 0 Å². The van der Waals surface area contributed by atoms with E-state index in [9.17, 15) is 57.7 Å². The molecule has 2 bridgehead atoms. The molecule has 35 nitrogen and oxygen atoms in total. The number of aliphatic hydroxyl groups excluding tert-OH is 2. The number of benzene rings is 1. The molecule has 0 radical (unpaired) electrons. The molecular formula is C49H62N16O19P2S2. The molecule has 0 saturated carbocycles. The fourth-order valence-corrected chi connectivity index (χ4v) is 12.7. The molecule has 12 atom stereocenters. The number of nitrogens with zero attached hydrogens (tertiary/aromatic N) is 8. The summed E-state index contributed by atoms with van der Waals surface area (Å²) < 4.78 is 70.5. The van der Waals surface area contributed by atoms with Crippen LogP contribution in [0.5, 0.6) is 0 Å². The van der Waals surface area contributed by atoms with Gasteiger partial charge in [0.2, 0.25) is 23.7 Å². The van der Waals surface area contributed by atoms with Gasteiger partial charge >= 0.3 is 25.7 Å². The molecule has 8 heterocycles. The molecule has 1 aromatic carbocycles. The molecule has 8 amide bonds. The average Bonchev–Trinajstić information content (AvgIpc) is 1.69. The molecule has 39 heteroatoms. The summed E-state index contributed by atoms with van der Waals surface area (Å²) in [5.74, 6) is -3.23. The fraction of sp³-hybridized carbons (Fsp3) is 0.490. The van der Waals surface area contributed by atoms with Gasteiger partial charge in [0.15, 0.2) is 40.6 Å². The summed E-state index contributed by atoms with van der Waals surface area (Å²) in [5, 5.41) is 36.2. The summed E-state index contributed by atoms with van der Waals surface area (Å²) in [6, 6.07) is 3.24. The Morgan fingerprint density at radius 3 is 2.15 bits per heavy atom. The number of hydrogen-bond donors (Lipinski definition) is 12. The lowest BCUT2D eigenvalue weighted by Gasteiger charge is -2.26. The molecule has 88 heavy (non-hydrogen) atoms. The molecule has 12 N–H and O–H groups in total. The maximum absolute atomic E-state index is 14.0. The molecule has 3 saturated heterocycles. The lowest BCUT2D eigenvalue weighted by Crippen LogP contribution is -2.54. The third-order valence-corrected chi connectivity index (χ3v) is 17.4. The van der Waals surface area contributed by atoms with Gasteiger partial charge in [-0.1, -0.05) is 56.9 Å². The van der Waals surface area contributed by atoms with Crippen LogP contribution in [0.1, 0.15) is 70.4 Å². The number of H-pyrrole nitrogens is 1. The van der Waals surface area contributed by atoms with Gasteiger partial charge in [-0.05, 0) is 49.3 Å². The minimum atomic E-state index is -4.57. The van der Waals surface area contributed by atoms with Crippen molar-refractivity contribution in [2.75, 3.05) is 42.7 Å². The number of amides is 8. The molecule has 9 rings (SSSR count). The average molecular weight is 1310 g/mol. The lowest BCUT2D eigenvalue weighted by atomic mass is 10.0. The number of unbranched alkanes of at least 4 members (excludes halogenated alkanes) is 2. The maximum atomic E-state index is 14.0. The first-order valence-electron chi connectivity index (χ1n) is 27.2. The number of thiol groups is 2. The zero-order valence-electron chi connectivity index (χ0n) is 46.7. The highest BCUT2D eigenvalue weighted by molar-refractivity contribution is 8.44. The molecule has 4 aliphatic heterocycles. The molecule has 0 aliphatic carbocycles. The number of nitrogens with one attached hydrogen (secondary N) is 6. The van der Waals surface area contributed by atoms with Crippen LogP contribution in [0.4, 0.5) is 27.0 Å². The van der Waals surface area contributed by atoms with E-state index in [0.717, 1.165) is 17.6 Å². The first kappa shape index (κ1) is 65.0. The highest BCUT2D eigenvalue weighted by Gasteiger charge is 2.53. The van der Waals surface area contributed by atoms with E-state index in [4.69, 9.17) is 43.8 Å². The van der Waals surface area contributed by atoms with Gasteiger partial charge < -0.3 is 57.2 Å². The number of carbonyl (C=O) groups excluding carboxylic acids is 7. The summed E-state index contributed by atoms with van der Waals surface area (Å²) in [4.78, 5) is 125. The number of aliphatic hydroxyl groups is 2. The van der Waals surface area contributed by atoms with Crippen LogP contribution in [0.15, 0.2) is 60.2 Å². The standard InChI is InChI=1S/C49H62N16O19P2S2/c1-23(2)32(59-29(66)8-4-3-5-16-63-30(67)13-14-31(63)68)43(72)58-26(7-6-15-52-48(51)74)42(71)57-25-11-9-24(10-12-25)17-78-49(75)60-39-33-40(54-20-53-39)64(21-55-33)46-38-35(69)27(81-46)18-79-85(76,87)83-37-28(19-80-86(77,88)84-38)82-45(36(37)70)65-22-56-34-41(65)61-47(50)62-44(34)73/h9-14,20-23,26-28,32,35-38,45-46,69-70H,3-8,15-19H2,1-2H3,(H,57,71)(H,58,72)(H,59,66)(H,76,87)(H,77,88)(H3,51,52,74)(H3,50,61,62,73)(H,53,54,60,75)/t26-,27+,28+,32-,35?,36?,37-,38?,45+,46+,85?,86?/m0/s1. The molecular weight excluding hydrogens is 1240 g/mol. The number of anilines is 3. The second-order valence-corrected chi connectivity index (χ2v) is 26.5. The maximum Gasteiger partial charge on any atom is 0.413 e. The van der Waals surface area contributed by atoms with Crippen LogP contribution in [-0.2, 0) is 72.0 Å². The fourth-order valence-electron chi connectivity index (χ4n) is 9.78. The number of urea groups is 1. The van der Waals surface area contributed by atoms with Crippen molar-refractivity contribution >= 4 is 120 Å². The van der Waals surface area contributed by atoms with Gasteiger partial charge in [-0.15, -0.1) is 0 Å². The number of imide groups is 1. The number of ether oxygens (including phenoxy) is 3. The first-order valence-corrected chi connectivity index (χ1v) is 32.6. The van der Waals surface area contributed by atoms with E-state index in [-0.39, 0.29) is 84.9 Å². The van der Waals surface area contributed by atoms with Gasteiger partial charge in [0.1, 0.15) is 61.6 Å². The van der Waals surface area contributed by atoms with Crippen molar-refractivity contribution in [1.29, 1.82) is 0 Å². The largest absolute Gasteiger partial charge is 0.444 e. The van der Waals surface area contributed by atoms with Gasteiger partial charge in [0.05, 0.1) is 25.9 Å². The number of hydrogen-bond acceptors (Lipinski definition) is 25. The van der Waals surface area contributed by atoms with Crippen molar-refractivity contribution in [3.05, 3.63) is 71.3 Å². The summed E-state index contributed by atoms with van der Waals surface area (Å²) in [6.45, 7) is -6.99. The smallest absolute Gasteiger partial charge is 0.413 e. The molecule has 3 fully saturated rings. The van der Waals surface area contributed by atoms with Crippen LogP contribution in [0, 0.1) is 5.92 Å². The van der Waals surface area contributed by atoms with E-state index in [2.05, 4.69) is 81.0 Å². The second-order valence-electron chi connectivity index (χ2n) is 20.7. The molecule has 474 valence electrons. The molecule has 5 aromatic rings. The highest BCUT2D eigenvalue weighted by Crippen LogP contribution is 2.60. The Bertz CT molecular complexity index is 3630. The normalized spacial score (nSPS) is 26.2. The van der Waals surface area contributed by atoms with Crippen molar-refractivity contribution in [2.45, 2.75) is 120 Å².